The van der Waals surface area contributed by atoms with E-state index in [-0.39, 0.29) is 0 Å². The van der Waals surface area contributed by atoms with Crippen molar-refractivity contribution in [2.75, 3.05) is 0 Å². The summed E-state index contributed by atoms with van der Waals surface area (Å²) in [7, 11) is -1.39. The Morgan fingerprint density at radius 2 is 2.00 bits per heavy atom. The van der Waals surface area contributed by atoms with E-state index >= 15 is 0 Å². The molecule has 0 bridgehead atoms. The van der Waals surface area contributed by atoms with Gasteiger partial charge in [-0.05, 0) is 12.1 Å². The molecule has 0 aromatic heterocycles. The van der Waals surface area contributed by atoms with Crippen LogP contribution < -0.4 is 0 Å². The van der Waals surface area contributed by atoms with Gasteiger partial charge >= 0.3 is 0 Å². The van der Waals surface area contributed by atoms with E-state index in [0.29, 0.717) is 0 Å². The zero-order chi connectivity index (χ0) is 6.41. The minimum atomic E-state index is -1.39. The van der Waals surface area contributed by atoms with Gasteiger partial charge in [-0.3, -0.25) is 0 Å². The average Bonchev–Trinajstić information content (AvgIpc) is 1.83. The number of rotatable bonds is 4. The molecule has 0 N–H and O–H groups in total. The maximum absolute atomic E-state index is 12.4. The molecule has 0 spiro atoms. The molecule has 0 aromatic rings. The van der Waals surface area contributed by atoms with Crippen LogP contribution in [0.1, 0.15) is 26.7 Å². The van der Waals surface area contributed by atoms with E-state index < -0.39 is 9.13 Å². The highest BCUT2D eigenvalue weighted by Gasteiger charge is 2.04. The Bertz CT molecular complexity index is 47.8. The van der Waals surface area contributed by atoms with Gasteiger partial charge in [-0.15, -0.1) is 0 Å². The molecule has 0 saturated heterocycles. The second-order valence-electron chi connectivity index (χ2n) is 1.97. The normalized spacial score (nSPS) is 10.5. The third-order valence-electron chi connectivity index (χ3n) is 1.19. The molecule has 0 unspecified atom stereocenters. The van der Waals surface area contributed by atoms with Gasteiger partial charge in [0.15, 0.2) is 0 Å². The molecule has 0 aliphatic rings. The van der Waals surface area contributed by atoms with E-state index in [1.807, 2.05) is 6.92 Å². The molecule has 0 aliphatic heterocycles. The number of hydrogen-bond donors (Lipinski definition) is 0. The van der Waals surface area contributed by atoms with E-state index in [9.17, 15) is 4.11 Å². The van der Waals surface area contributed by atoms with Crippen molar-refractivity contribution in [1.29, 1.82) is 0 Å². The van der Waals surface area contributed by atoms with Gasteiger partial charge in [0.25, 0.3) is 9.13 Å². The van der Waals surface area contributed by atoms with Gasteiger partial charge in [-0.25, -0.2) is 0 Å². The molecule has 0 saturated carbocycles. The summed E-state index contributed by atoms with van der Waals surface area (Å²) in [5, 5.41) is 0. The first kappa shape index (κ1) is 8.15. The van der Waals surface area contributed by atoms with Gasteiger partial charge in [0.2, 0.25) is 0 Å². The quantitative estimate of drug-likeness (QED) is 0.408. The fourth-order valence-corrected chi connectivity index (χ4v) is 1.64. The maximum atomic E-state index is 12.4. The van der Waals surface area contributed by atoms with Crippen molar-refractivity contribution in [2.24, 2.45) is 0 Å². The van der Waals surface area contributed by atoms with Crippen LogP contribution in [0.4, 0.5) is 4.11 Å². The van der Waals surface area contributed by atoms with Crippen molar-refractivity contribution in [3.63, 3.8) is 0 Å². The first-order valence-electron chi connectivity index (χ1n) is 3.31. The van der Waals surface area contributed by atoms with Crippen LogP contribution in [0, 0.1) is 0 Å². The second-order valence-corrected chi connectivity index (χ2v) is 4.22. The van der Waals surface area contributed by atoms with Crippen LogP contribution in [-0.4, -0.2) is 9.13 Å². The van der Waals surface area contributed by atoms with Crippen molar-refractivity contribution >= 4 is 9.13 Å². The number of hydrogen-bond acceptors (Lipinski definition) is 0. The molecule has 2 heteroatoms. The first-order chi connectivity index (χ1) is 3.81. The van der Waals surface area contributed by atoms with Crippen LogP contribution in [0.25, 0.3) is 0 Å². The van der Waals surface area contributed by atoms with Crippen molar-refractivity contribution < 1.29 is 4.11 Å². The Morgan fingerprint density at radius 1 is 1.38 bits per heavy atom. The van der Waals surface area contributed by atoms with E-state index in [0.717, 1.165) is 24.9 Å². The molecule has 1 radical (unpaired) electrons. The number of unbranched alkanes of at least 4 members (excludes halogenated alkanes) is 1. The van der Waals surface area contributed by atoms with Gasteiger partial charge in [0.1, 0.15) is 0 Å². The van der Waals surface area contributed by atoms with Gasteiger partial charge in [-0.2, -0.15) is 0 Å². The molecule has 8 heavy (non-hydrogen) atoms. The smallest absolute Gasteiger partial charge is 0.270 e. The van der Waals surface area contributed by atoms with Crippen molar-refractivity contribution in [3.8, 4) is 0 Å². The summed E-state index contributed by atoms with van der Waals surface area (Å²) in [6.07, 6.45) is 2.22. The van der Waals surface area contributed by atoms with Crippen LogP contribution in [0.3, 0.4) is 0 Å². The highest BCUT2D eigenvalue weighted by Crippen LogP contribution is 2.04. The molecule has 0 aromatic carbocycles. The molecule has 49 valence electrons. The zero-order valence-electron chi connectivity index (χ0n) is 5.71. The van der Waals surface area contributed by atoms with Crippen LogP contribution in [0.2, 0.25) is 12.1 Å². The molecular formula is C6H14FSi. The molecule has 0 atom stereocenters. The fourth-order valence-electron chi connectivity index (χ4n) is 0.545. The van der Waals surface area contributed by atoms with Crippen LogP contribution in [-0.2, 0) is 0 Å². The molecule has 0 aliphatic carbocycles. The molecule has 0 heterocycles. The van der Waals surface area contributed by atoms with Crippen molar-refractivity contribution in [3.05, 3.63) is 0 Å². The fraction of sp³-hybridized carbons (Fsp3) is 1.00. The predicted octanol–water partition coefficient (Wildman–Crippen LogP) is 2.77. The predicted molar refractivity (Wildman–Crippen MR) is 37.1 cm³/mol. The molecule has 0 fully saturated rings. The second kappa shape index (κ2) is 5.29. The third-order valence-corrected chi connectivity index (χ3v) is 2.85. The molecule has 0 amide bonds. The molecule has 0 rings (SSSR count). The van der Waals surface area contributed by atoms with Crippen LogP contribution >= 0.6 is 0 Å². The first-order valence-corrected chi connectivity index (χ1v) is 5.10. The molecular weight excluding hydrogens is 119 g/mol. The monoisotopic (exact) mass is 133 g/mol. The summed E-state index contributed by atoms with van der Waals surface area (Å²) >= 11 is 0. The Kier molecular flexibility index (Phi) is 5.38. The van der Waals surface area contributed by atoms with E-state index in [2.05, 4.69) is 6.92 Å². The lowest BCUT2D eigenvalue weighted by atomic mass is 10.4. The standard InChI is InChI=1S/C6H14FSi/c1-3-5-6-8(7)4-2/h3-6H2,1-2H3. The summed E-state index contributed by atoms with van der Waals surface area (Å²) in [6.45, 7) is 4.04. The SMILES string of the molecule is CCCC[Si](F)CC. The van der Waals surface area contributed by atoms with E-state index in [1.165, 1.54) is 0 Å². The third kappa shape index (κ3) is 4.31. The van der Waals surface area contributed by atoms with Crippen molar-refractivity contribution in [1.82, 2.24) is 0 Å². The minimum absolute atomic E-state index is 0.782. The topological polar surface area (TPSA) is 0 Å². The summed E-state index contributed by atoms with van der Waals surface area (Å²) < 4.78 is 12.4. The minimum Gasteiger partial charge on any atom is -0.314 e. The molecule has 0 nitrogen and oxygen atoms in total. The Morgan fingerprint density at radius 3 is 2.38 bits per heavy atom. The Labute approximate surface area is 52.9 Å². The summed E-state index contributed by atoms with van der Waals surface area (Å²) in [5.74, 6) is 0. The lowest BCUT2D eigenvalue weighted by Gasteiger charge is -1.96. The van der Waals surface area contributed by atoms with Gasteiger partial charge < -0.3 is 4.11 Å². The Hall–Kier alpha value is 0.147. The maximum Gasteiger partial charge on any atom is 0.270 e. The lowest BCUT2D eigenvalue weighted by Crippen LogP contribution is -2.00. The van der Waals surface area contributed by atoms with Gasteiger partial charge in [0.05, 0.1) is 0 Å². The van der Waals surface area contributed by atoms with Crippen LogP contribution in [0.15, 0.2) is 0 Å². The van der Waals surface area contributed by atoms with E-state index in [4.69, 9.17) is 0 Å². The zero-order valence-corrected chi connectivity index (χ0v) is 6.71. The highest BCUT2D eigenvalue weighted by atomic mass is 28.3. The van der Waals surface area contributed by atoms with Gasteiger partial charge in [0, 0.05) is 0 Å². The van der Waals surface area contributed by atoms with E-state index in [1.54, 1.807) is 0 Å². The lowest BCUT2D eigenvalue weighted by molar-refractivity contribution is 0.770. The largest absolute Gasteiger partial charge is 0.314 e. The average molecular weight is 133 g/mol. The van der Waals surface area contributed by atoms with Crippen molar-refractivity contribution in [2.45, 2.75) is 38.8 Å². The highest BCUT2D eigenvalue weighted by molar-refractivity contribution is 6.50. The van der Waals surface area contributed by atoms with Crippen LogP contribution in [0.5, 0.6) is 0 Å². The van der Waals surface area contributed by atoms with Gasteiger partial charge in [-0.1, -0.05) is 26.7 Å². The number of halogens is 1. The summed E-state index contributed by atoms with van der Waals surface area (Å²) in [4.78, 5) is 0. The summed E-state index contributed by atoms with van der Waals surface area (Å²) in [5.41, 5.74) is 0. The summed E-state index contributed by atoms with van der Waals surface area (Å²) in [6, 6.07) is 1.64. The Balaban J connectivity index is 2.86.